The smallest absolute Gasteiger partial charge is 0.236 e. The lowest BCUT2D eigenvalue weighted by molar-refractivity contribution is -0.134. The average Bonchev–Trinajstić information content (AvgIpc) is 2.71. The number of carbonyl (C=O) groups is 1. The second kappa shape index (κ2) is 5.12. The molecule has 88 valence electrons. The molecule has 1 aliphatic rings. The highest BCUT2D eigenvalue weighted by Gasteiger charge is 2.21. The minimum atomic E-state index is 0.181. The molecule has 1 aliphatic heterocycles. The number of thiazole rings is 1. The standard InChI is InChI=1S/C10H14ClN3OS/c1-13-2-3-14(6-10(13)15)5-9-12-8(4-11)7-16-9/h7H,2-6H2,1H3. The monoisotopic (exact) mass is 259 g/mol. The molecule has 0 aliphatic carbocycles. The van der Waals surface area contributed by atoms with Crippen molar-refractivity contribution in [1.29, 1.82) is 0 Å². The van der Waals surface area contributed by atoms with E-state index in [1.165, 1.54) is 0 Å². The van der Waals surface area contributed by atoms with Crippen molar-refractivity contribution < 1.29 is 4.79 Å². The maximum absolute atomic E-state index is 11.5. The molecule has 2 heterocycles. The number of halogens is 1. The van der Waals surface area contributed by atoms with Crippen LogP contribution >= 0.6 is 22.9 Å². The molecule has 1 amide bonds. The van der Waals surface area contributed by atoms with Crippen LogP contribution in [-0.4, -0.2) is 47.4 Å². The Bertz CT molecular complexity index is 382. The fourth-order valence-electron chi connectivity index (χ4n) is 1.62. The molecule has 0 saturated carbocycles. The molecule has 16 heavy (non-hydrogen) atoms. The van der Waals surface area contributed by atoms with Crippen LogP contribution in [0.15, 0.2) is 5.38 Å². The summed E-state index contributed by atoms with van der Waals surface area (Å²) in [4.78, 5) is 19.8. The number of amides is 1. The number of carbonyl (C=O) groups excluding carboxylic acids is 1. The van der Waals surface area contributed by atoms with Crippen LogP contribution in [0.1, 0.15) is 10.7 Å². The van der Waals surface area contributed by atoms with Crippen molar-refractivity contribution in [3.8, 4) is 0 Å². The first kappa shape index (κ1) is 11.8. The molecule has 0 N–H and O–H groups in total. The lowest BCUT2D eigenvalue weighted by atomic mass is 10.3. The fourth-order valence-corrected chi connectivity index (χ4v) is 2.68. The van der Waals surface area contributed by atoms with Crippen LogP contribution in [-0.2, 0) is 17.2 Å². The zero-order chi connectivity index (χ0) is 11.5. The van der Waals surface area contributed by atoms with E-state index in [1.54, 1.807) is 16.2 Å². The quantitative estimate of drug-likeness (QED) is 0.765. The highest BCUT2D eigenvalue weighted by Crippen LogP contribution is 2.14. The van der Waals surface area contributed by atoms with Crippen LogP contribution in [0.25, 0.3) is 0 Å². The van der Waals surface area contributed by atoms with E-state index >= 15 is 0 Å². The molecule has 0 atom stereocenters. The Kier molecular flexibility index (Phi) is 3.78. The average molecular weight is 260 g/mol. The van der Waals surface area contributed by atoms with Crippen LogP contribution in [0.4, 0.5) is 0 Å². The summed E-state index contributed by atoms with van der Waals surface area (Å²) < 4.78 is 0. The molecule has 0 unspecified atom stereocenters. The van der Waals surface area contributed by atoms with Gasteiger partial charge in [-0.2, -0.15) is 0 Å². The van der Waals surface area contributed by atoms with Crippen molar-refractivity contribution in [2.24, 2.45) is 0 Å². The lowest BCUT2D eigenvalue weighted by Gasteiger charge is -2.31. The molecular weight excluding hydrogens is 246 g/mol. The summed E-state index contributed by atoms with van der Waals surface area (Å²) in [6.45, 7) is 2.96. The number of piperazine rings is 1. The van der Waals surface area contributed by atoms with Gasteiger partial charge >= 0.3 is 0 Å². The van der Waals surface area contributed by atoms with Gasteiger partial charge in [0.15, 0.2) is 0 Å². The predicted molar refractivity (Wildman–Crippen MR) is 64.6 cm³/mol. The molecule has 0 aromatic carbocycles. The molecule has 0 spiro atoms. The van der Waals surface area contributed by atoms with E-state index in [4.69, 9.17) is 11.6 Å². The van der Waals surface area contributed by atoms with Gasteiger partial charge in [0.1, 0.15) is 5.01 Å². The Balaban J connectivity index is 1.92. The number of hydrogen-bond donors (Lipinski definition) is 0. The maximum atomic E-state index is 11.5. The number of hydrogen-bond acceptors (Lipinski definition) is 4. The van der Waals surface area contributed by atoms with Gasteiger partial charge in [-0.15, -0.1) is 22.9 Å². The molecule has 2 rings (SSSR count). The zero-order valence-electron chi connectivity index (χ0n) is 9.15. The number of aromatic nitrogens is 1. The van der Waals surface area contributed by atoms with Crippen molar-refractivity contribution >= 4 is 28.8 Å². The van der Waals surface area contributed by atoms with Crippen molar-refractivity contribution in [3.63, 3.8) is 0 Å². The molecule has 1 fully saturated rings. The number of nitrogens with zero attached hydrogens (tertiary/aromatic N) is 3. The van der Waals surface area contributed by atoms with E-state index in [0.717, 1.165) is 30.3 Å². The number of rotatable bonds is 3. The Morgan fingerprint density at radius 2 is 2.38 bits per heavy atom. The third-order valence-electron chi connectivity index (χ3n) is 2.63. The van der Waals surface area contributed by atoms with Crippen LogP contribution in [0, 0.1) is 0 Å². The van der Waals surface area contributed by atoms with Crippen LogP contribution < -0.4 is 0 Å². The second-order valence-corrected chi connectivity index (χ2v) is 5.10. The molecule has 0 radical (unpaired) electrons. The normalized spacial score (nSPS) is 18.1. The largest absolute Gasteiger partial charge is 0.343 e. The van der Waals surface area contributed by atoms with E-state index in [1.807, 2.05) is 12.4 Å². The van der Waals surface area contributed by atoms with Gasteiger partial charge in [-0.25, -0.2) is 4.98 Å². The van der Waals surface area contributed by atoms with E-state index in [2.05, 4.69) is 9.88 Å². The van der Waals surface area contributed by atoms with E-state index < -0.39 is 0 Å². The van der Waals surface area contributed by atoms with E-state index in [9.17, 15) is 4.79 Å². The SMILES string of the molecule is CN1CCN(Cc2nc(CCl)cs2)CC1=O. The fraction of sp³-hybridized carbons (Fsp3) is 0.600. The number of likely N-dealkylation sites (N-methyl/N-ethyl adjacent to an activating group) is 1. The van der Waals surface area contributed by atoms with Crippen molar-refractivity contribution in [3.05, 3.63) is 16.1 Å². The van der Waals surface area contributed by atoms with E-state index in [-0.39, 0.29) is 5.91 Å². The highest BCUT2D eigenvalue weighted by molar-refractivity contribution is 7.09. The molecule has 0 bridgehead atoms. The minimum Gasteiger partial charge on any atom is -0.343 e. The maximum Gasteiger partial charge on any atom is 0.236 e. The minimum absolute atomic E-state index is 0.181. The summed E-state index contributed by atoms with van der Waals surface area (Å²) >= 11 is 7.30. The van der Waals surface area contributed by atoms with Crippen molar-refractivity contribution in [2.45, 2.75) is 12.4 Å². The third-order valence-corrected chi connectivity index (χ3v) is 3.79. The van der Waals surface area contributed by atoms with Crippen LogP contribution in [0.5, 0.6) is 0 Å². The van der Waals surface area contributed by atoms with Crippen LogP contribution in [0.2, 0.25) is 0 Å². The van der Waals surface area contributed by atoms with Gasteiger partial charge in [0.25, 0.3) is 0 Å². The van der Waals surface area contributed by atoms with Crippen LogP contribution in [0.3, 0.4) is 0 Å². The summed E-state index contributed by atoms with van der Waals surface area (Å²) in [7, 11) is 1.84. The predicted octanol–water partition coefficient (Wildman–Crippen LogP) is 1.16. The Hall–Kier alpha value is -0.650. The summed E-state index contributed by atoms with van der Waals surface area (Å²) in [5.74, 6) is 0.637. The third kappa shape index (κ3) is 2.72. The van der Waals surface area contributed by atoms with Crippen molar-refractivity contribution in [1.82, 2.24) is 14.8 Å². The van der Waals surface area contributed by atoms with Gasteiger partial charge in [-0.3, -0.25) is 9.69 Å². The second-order valence-electron chi connectivity index (χ2n) is 3.89. The summed E-state index contributed by atoms with van der Waals surface area (Å²) in [5.41, 5.74) is 0.919. The first-order valence-electron chi connectivity index (χ1n) is 5.14. The topological polar surface area (TPSA) is 36.4 Å². The van der Waals surface area contributed by atoms with Gasteiger partial charge in [0, 0.05) is 25.5 Å². The molecule has 4 nitrogen and oxygen atoms in total. The zero-order valence-corrected chi connectivity index (χ0v) is 10.7. The van der Waals surface area contributed by atoms with Gasteiger partial charge < -0.3 is 4.90 Å². The Morgan fingerprint density at radius 1 is 1.56 bits per heavy atom. The molecule has 1 aromatic heterocycles. The number of alkyl halides is 1. The summed E-state index contributed by atoms with van der Waals surface area (Å²) in [6.07, 6.45) is 0. The van der Waals surface area contributed by atoms with E-state index in [0.29, 0.717) is 12.4 Å². The summed E-state index contributed by atoms with van der Waals surface area (Å²) in [5, 5.41) is 3.01. The first-order valence-corrected chi connectivity index (χ1v) is 6.56. The molecule has 1 aromatic rings. The first-order chi connectivity index (χ1) is 7.69. The van der Waals surface area contributed by atoms with Gasteiger partial charge in [-0.05, 0) is 0 Å². The Labute approximate surface area is 104 Å². The van der Waals surface area contributed by atoms with Crippen molar-refractivity contribution in [2.75, 3.05) is 26.7 Å². The summed E-state index contributed by atoms with van der Waals surface area (Å²) in [6, 6.07) is 0. The Morgan fingerprint density at radius 3 is 3.00 bits per heavy atom. The van der Waals surface area contributed by atoms with Gasteiger partial charge in [0.05, 0.1) is 24.7 Å². The highest BCUT2D eigenvalue weighted by atomic mass is 35.5. The lowest BCUT2D eigenvalue weighted by Crippen LogP contribution is -2.47. The van der Waals surface area contributed by atoms with Gasteiger partial charge in [0.2, 0.25) is 5.91 Å². The molecule has 6 heteroatoms. The molecular formula is C10H14ClN3OS. The van der Waals surface area contributed by atoms with Gasteiger partial charge in [-0.1, -0.05) is 0 Å². The molecule has 1 saturated heterocycles.